The first-order chi connectivity index (χ1) is 10.2. The third-order valence-electron chi connectivity index (χ3n) is 3.55. The lowest BCUT2D eigenvalue weighted by molar-refractivity contribution is -0.173. The van der Waals surface area contributed by atoms with Gasteiger partial charge in [0.1, 0.15) is 0 Å². The lowest BCUT2D eigenvalue weighted by Crippen LogP contribution is -2.36. The number of carboxylic acids is 1. The lowest BCUT2D eigenvalue weighted by atomic mass is 9.82. The third-order valence-corrected chi connectivity index (χ3v) is 4.25. The van der Waals surface area contributed by atoms with Crippen molar-refractivity contribution in [2.45, 2.75) is 32.0 Å². The average molecular weight is 312 g/mol. The lowest BCUT2D eigenvalue weighted by Gasteiger charge is -2.36. The molecule has 3 atom stereocenters. The number of ether oxygens (including phenoxy) is 2. The molecule has 0 spiro atoms. The molecule has 1 aromatic rings. The zero-order valence-electron chi connectivity index (χ0n) is 11.9. The zero-order valence-corrected chi connectivity index (χ0v) is 12.7. The fourth-order valence-corrected chi connectivity index (χ4v) is 3.31. The van der Waals surface area contributed by atoms with Crippen LogP contribution in [0.25, 0.3) is 0 Å². The van der Waals surface area contributed by atoms with Crippen LogP contribution in [0.1, 0.15) is 31.2 Å². The molecule has 2 N–H and O–H groups in total. The van der Waals surface area contributed by atoms with E-state index in [1.165, 1.54) is 0 Å². The van der Waals surface area contributed by atoms with Crippen LogP contribution in [-0.2, 0) is 14.3 Å². The van der Waals surface area contributed by atoms with Crippen LogP contribution >= 0.6 is 11.3 Å². The summed E-state index contributed by atoms with van der Waals surface area (Å²) in [5.41, 5.74) is 1.06. The van der Waals surface area contributed by atoms with E-state index in [0.717, 1.165) is 5.56 Å². The smallest absolute Gasteiger partial charge is 0.370 e. The second kappa shape index (κ2) is 7.59. The molecule has 0 saturated heterocycles. The number of aliphatic carboxylic acids is 1. The molecule has 0 amide bonds. The second-order valence-corrected chi connectivity index (χ2v) is 5.67. The highest BCUT2D eigenvalue weighted by Crippen LogP contribution is 2.39. The van der Waals surface area contributed by atoms with E-state index in [1.807, 2.05) is 23.8 Å². The van der Waals surface area contributed by atoms with Gasteiger partial charge in [0.15, 0.2) is 0 Å². The fourth-order valence-electron chi connectivity index (χ4n) is 2.60. The van der Waals surface area contributed by atoms with E-state index in [0.29, 0.717) is 19.4 Å². The first-order valence-corrected chi connectivity index (χ1v) is 7.98. The zero-order chi connectivity index (χ0) is 15.2. The van der Waals surface area contributed by atoms with Gasteiger partial charge in [-0.1, -0.05) is 0 Å². The highest BCUT2D eigenvalue weighted by Gasteiger charge is 2.37. The average Bonchev–Trinajstić information content (AvgIpc) is 2.99. The Kier molecular flexibility index (Phi) is 5.78. The molecule has 21 heavy (non-hydrogen) atoms. The van der Waals surface area contributed by atoms with Crippen LogP contribution in [0.3, 0.4) is 0 Å². The molecule has 1 aliphatic rings. The van der Waals surface area contributed by atoms with Gasteiger partial charge in [0.25, 0.3) is 0 Å². The number of allylic oxidation sites excluding steroid dienone is 1. The summed E-state index contributed by atoms with van der Waals surface area (Å²) in [5, 5.41) is 22.3. The monoisotopic (exact) mass is 312 g/mol. The molecule has 1 aromatic heterocycles. The Morgan fingerprint density at radius 1 is 1.52 bits per heavy atom. The number of hydrogen-bond donors (Lipinski definition) is 2. The van der Waals surface area contributed by atoms with Gasteiger partial charge in [-0.2, -0.15) is 11.3 Å². The van der Waals surface area contributed by atoms with Crippen molar-refractivity contribution >= 4 is 17.3 Å². The maximum Gasteiger partial charge on any atom is 0.370 e. The number of rotatable bonds is 7. The molecule has 0 aromatic carbocycles. The number of aliphatic hydroxyl groups is 1. The summed E-state index contributed by atoms with van der Waals surface area (Å²) in [6.07, 6.45) is 2.41. The molecule has 2 rings (SSSR count). The molecule has 0 bridgehead atoms. The van der Waals surface area contributed by atoms with Crippen molar-refractivity contribution < 1.29 is 24.5 Å². The minimum absolute atomic E-state index is 0.00481. The van der Waals surface area contributed by atoms with Crippen molar-refractivity contribution in [1.29, 1.82) is 0 Å². The summed E-state index contributed by atoms with van der Waals surface area (Å²) in [6, 6.07) is 1.99. The molecule has 0 radical (unpaired) electrons. The van der Waals surface area contributed by atoms with Crippen LogP contribution in [0.15, 0.2) is 28.7 Å². The maximum atomic E-state index is 11.3. The van der Waals surface area contributed by atoms with E-state index < -0.39 is 12.3 Å². The Morgan fingerprint density at radius 2 is 2.33 bits per heavy atom. The molecule has 0 unspecified atom stereocenters. The summed E-state index contributed by atoms with van der Waals surface area (Å²) in [4.78, 5) is 11.3. The van der Waals surface area contributed by atoms with E-state index in [2.05, 4.69) is 0 Å². The van der Waals surface area contributed by atoms with E-state index in [4.69, 9.17) is 14.6 Å². The predicted molar refractivity (Wildman–Crippen MR) is 79.1 cm³/mol. The van der Waals surface area contributed by atoms with Gasteiger partial charge in [0, 0.05) is 25.0 Å². The van der Waals surface area contributed by atoms with Gasteiger partial charge >= 0.3 is 5.97 Å². The van der Waals surface area contributed by atoms with Gasteiger partial charge in [-0.25, -0.2) is 4.79 Å². The normalized spacial score (nSPS) is 25.2. The van der Waals surface area contributed by atoms with Crippen LogP contribution in [0.5, 0.6) is 0 Å². The number of hydrogen-bond acceptors (Lipinski definition) is 5. The van der Waals surface area contributed by atoms with Crippen molar-refractivity contribution in [3.63, 3.8) is 0 Å². The minimum Gasteiger partial charge on any atom is -0.475 e. The molecule has 116 valence electrons. The summed E-state index contributed by atoms with van der Waals surface area (Å²) in [6.45, 7) is 2.40. The van der Waals surface area contributed by atoms with Crippen molar-refractivity contribution in [1.82, 2.24) is 0 Å². The predicted octanol–water partition coefficient (Wildman–Crippen LogP) is 2.58. The van der Waals surface area contributed by atoms with Crippen LogP contribution in [0, 0.1) is 5.92 Å². The maximum absolute atomic E-state index is 11.3. The van der Waals surface area contributed by atoms with Gasteiger partial charge in [0.05, 0.1) is 0 Å². The van der Waals surface area contributed by atoms with Crippen LogP contribution in [-0.4, -0.2) is 35.7 Å². The molecule has 0 aliphatic carbocycles. The van der Waals surface area contributed by atoms with Crippen molar-refractivity contribution in [2.24, 2.45) is 5.92 Å². The van der Waals surface area contributed by atoms with Crippen LogP contribution < -0.4 is 0 Å². The van der Waals surface area contributed by atoms with Crippen LogP contribution in [0.4, 0.5) is 0 Å². The number of aliphatic hydroxyl groups excluding tert-OH is 1. The number of carboxylic acid groups (broad SMARTS) is 1. The van der Waals surface area contributed by atoms with Gasteiger partial charge in [-0.05, 0) is 48.2 Å². The first-order valence-electron chi connectivity index (χ1n) is 7.03. The van der Waals surface area contributed by atoms with Gasteiger partial charge in [-0.3, -0.25) is 0 Å². The molecular formula is C15H20O5S. The SMILES string of the molecule is CCO[C@@H]1OC(C(=O)O)=C[C@H](c2ccsc2)[C@H]1CCCO. The Balaban J connectivity index is 2.32. The molecule has 2 heterocycles. The third kappa shape index (κ3) is 3.84. The topological polar surface area (TPSA) is 76.0 Å². The summed E-state index contributed by atoms with van der Waals surface area (Å²) in [7, 11) is 0. The van der Waals surface area contributed by atoms with E-state index in [1.54, 1.807) is 17.4 Å². The van der Waals surface area contributed by atoms with E-state index in [-0.39, 0.29) is 24.2 Å². The van der Waals surface area contributed by atoms with Crippen molar-refractivity contribution in [3.05, 3.63) is 34.2 Å². The molecule has 5 nitrogen and oxygen atoms in total. The molecule has 6 heteroatoms. The standard InChI is InChI=1S/C15H20O5S/c1-2-19-15-11(4-3-6-16)12(10-5-7-21-9-10)8-13(20-15)14(17)18/h5,7-9,11-12,15-16H,2-4,6H2,1H3,(H,17,18)/t11-,12-,15-/m1/s1. The Hall–Kier alpha value is -1.37. The highest BCUT2D eigenvalue weighted by molar-refractivity contribution is 7.08. The Bertz CT molecular complexity index is 482. The highest BCUT2D eigenvalue weighted by atomic mass is 32.1. The number of thiophene rings is 1. The largest absolute Gasteiger partial charge is 0.475 e. The summed E-state index contributed by atoms with van der Waals surface area (Å²) < 4.78 is 11.1. The summed E-state index contributed by atoms with van der Waals surface area (Å²) in [5.74, 6) is -1.22. The molecule has 1 aliphatic heterocycles. The quantitative estimate of drug-likeness (QED) is 0.809. The summed E-state index contributed by atoms with van der Waals surface area (Å²) >= 11 is 1.58. The van der Waals surface area contributed by atoms with E-state index >= 15 is 0 Å². The molecule has 0 fully saturated rings. The molecular weight excluding hydrogens is 292 g/mol. The van der Waals surface area contributed by atoms with Crippen molar-refractivity contribution in [3.8, 4) is 0 Å². The Labute approximate surface area is 127 Å². The van der Waals surface area contributed by atoms with Crippen molar-refractivity contribution in [2.75, 3.05) is 13.2 Å². The first kappa shape index (κ1) is 16.0. The molecule has 0 saturated carbocycles. The fraction of sp³-hybridized carbons (Fsp3) is 0.533. The van der Waals surface area contributed by atoms with E-state index in [9.17, 15) is 9.90 Å². The van der Waals surface area contributed by atoms with Gasteiger partial charge < -0.3 is 19.7 Å². The minimum atomic E-state index is -1.08. The van der Waals surface area contributed by atoms with Gasteiger partial charge in [-0.15, -0.1) is 0 Å². The second-order valence-electron chi connectivity index (χ2n) is 4.89. The Morgan fingerprint density at radius 3 is 2.90 bits per heavy atom. The van der Waals surface area contributed by atoms with Crippen LogP contribution in [0.2, 0.25) is 0 Å². The number of carbonyl (C=O) groups is 1. The van der Waals surface area contributed by atoms with Gasteiger partial charge in [0.2, 0.25) is 12.0 Å².